The molecule has 1 unspecified atom stereocenters. The summed E-state index contributed by atoms with van der Waals surface area (Å²) in [6.45, 7) is 6.68. The summed E-state index contributed by atoms with van der Waals surface area (Å²) in [6, 6.07) is 0. The molecule has 0 saturated carbocycles. The zero-order valence-electron chi connectivity index (χ0n) is 8.96. The number of carboxylic acid groups (broad SMARTS) is 1. The van der Waals surface area contributed by atoms with E-state index in [1.54, 1.807) is 27.7 Å². The highest BCUT2D eigenvalue weighted by molar-refractivity contribution is 7.10. The molecule has 0 aromatic rings. The number of carbonyl (C=O) groups excluding carboxylic acids is 1. The first-order valence-corrected chi connectivity index (χ1v) is 4.75. The van der Waals surface area contributed by atoms with Crippen molar-refractivity contribution in [3.8, 4) is 0 Å². The first-order chi connectivity index (χ1) is 6.15. The Bertz CT molecular complexity index is 245. The normalized spacial score (nSPS) is 12.4. The molecule has 0 heterocycles. The zero-order valence-corrected chi connectivity index (χ0v) is 10.1. The SMILES string of the molecule is CC(C)(CC(=O)OP)C(C)(C)C(=O)O. The van der Waals surface area contributed by atoms with Gasteiger partial charge in [-0.3, -0.25) is 9.59 Å². The molecule has 0 radical (unpaired) electrons. The van der Waals surface area contributed by atoms with Crippen LogP contribution in [0.5, 0.6) is 0 Å². The van der Waals surface area contributed by atoms with Gasteiger partial charge in [-0.1, -0.05) is 13.8 Å². The van der Waals surface area contributed by atoms with Gasteiger partial charge in [-0.05, 0) is 19.3 Å². The fraction of sp³-hybridized carbons (Fsp3) is 0.778. The topological polar surface area (TPSA) is 63.6 Å². The third-order valence-electron chi connectivity index (χ3n) is 2.94. The lowest BCUT2D eigenvalue weighted by molar-refractivity contribution is -0.156. The van der Waals surface area contributed by atoms with E-state index >= 15 is 0 Å². The summed E-state index contributed by atoms with van der Waals surface area (Å²) < 4.78 is 4.45. The van der Waals surface area contributed by atoms with Gasteiger partial charge in [0.15, 0.2) is 0 Å². The van der Waals surface area contributed by atoms with Crippen molar-refractivity contribution in [3.63, 3.8) is 0 Å². The Morgan fingerprint density at radius 3 is 2.00 bits per heavy atom. The van der Waals surface area contributed by atoms with E-state index < -0.39 is 22.8 Å². The van der Waals surface area contributed by atoms with E-state index in [1.165, 1.54) is 0 Å². The Morgan fingerprint density at radius 2 is 1.71 bits per heavy atom. The molecule has 0 aliphatic carbocycles. The van der Waals surface area contributed by atoms with Crippen molar-refractivity contribution < 1.29 is 19.2 Å². The van der Waals surface area contributed by atoms with E-state index in [0.717, 1.165) is 0 Å². The van der Waals surface area contributed by atoms with E-state index in [9.17, 15) is 9.59 Å². The zero-order chi connectivity index (χ0) is 11.6. The lowest BCUT2D eigenvalue weighted by Gasteiger charge is -2.37. The van der Waals surface area contributed by atoms with Crippen LogP contribution in [0.15, 0.2) is 0 Å². The number of hydrogen-bond acceptors (Lipinski definition) is 3. The van der Waals surface area contributed by atoms with E-state index in [4.69, 9.17) is 5.11 Å². The highest BCUT2D eigenvalue weighted by Gasteiger charge is 2.44. The average Bonchev–Trinajstić information content (AvgIpc) is 2.02. The maximum atomic E-state index is 11.1. The van der Waals surface area contributed by atoms with Gasteiger partial charge in [-0.2, -0.15) is 0 Å². The van der Waals surface area contributed by atoms with Crippen molar-refractivity contribution in [3.05, 3.63) is 0 Å². The monoisotopic (exact) mass is 220 g/mol. The fourth-order valence-corrected chi connectivity index (χ4v) is 0.996. The quantitative estimate of drug-likeness (QED) is 0.734. The lowest BCUT2D eigenvalue weighted by Crippen LogP contribution is -2.41. The van der Waals surface area contributed by atoms with Crippen molar-refractivity contribution in [1.82, 2.24) is 0 Å². The number of carbonyl (C=O) groups is 2. The summed E-state index contributed by atoms with van der Waals surface area (Å²) in [5.74, 6) is -1.34. The maximum Gasteiger partial charge on any atom is 0.309 e. The second kappa shape index (κ2) is 4.26. The van der Waals surface area contributed by atoms with Gasteiger partial charge in [0.2, 0.25) is 0 Å². The number of hydrogen-bond donors (Lipinski definition) is 1. The molecule has 14 heavy (non-hydrogen) atoms. The maximum absolute atomic E-state index is 11.1. The highest BCUT2D eigenvalue weighted by Crippen LogP contribution is 2.41. The van der Waals surface area contributed by atoms with Crippen LogP contribution in [-0.2, 0) is 14.1 Å². The van der Waals surface area contributed by atoms with Crippen molar-refractivity contribution in [1.29, 1.82) is 0 Å². The Balaban J connectivity index is 4.77. The predicted octanol–water partition coefficient (Wildman–Crippen LogP) is 1.85. The summed E-state index contributed by atoms with van der Waals surface area (Å²) in [5.41, 5.74) is -1.61. The molecule has 0 aromatic heterocycles. The van der Waals surface area contributed by atoms with E-state index in [-0.39, 0.29) is 6.42 Å². The Hall–Kier alpha value is -0.630. The first kappa shape index (κ1) is 13.4. The molecule has 0 fully saturated rings. The minimum absolute atomic E-state index is 0.0792. The number of aliphatic carboxylic acids is 1. The van der Waals surface area contributed by atoms with Gasteiger partial charge in [0.1, 0.15) is 0 Å². The highest BCUT2D eigenvalue weighted by atomic mass is 31.0. The fourth-order valence-electron chi connectivity index (χ4n) is 0.913. The lowest BCUT2D eigenvalue weighted by atomic mass is 9.66. The summed E-state index contributed by atoms with van der Waals surface area (Å²) >= 11 is 0. The van der Waals surface area contributed by atoms with Gasteiger partial charge in [0, 0.05) is 0 Å². The predicted molar refractivity (Wildman–Crippen MR) is 55.6 cm³/mol. The van der Waals surface area contributed by atoms with Crippen LogP contribution in [0.25, 0.3) is 0 Å². The van der Waals surface area contributed by atoms with Crippen LogP contribution in [0.1, 0.15) is 34.1 Å². The molecular formula is C9H17O4P. The van der Waals surface area contributed by atoms with Crippen LogP contribution in [0.3, 0.4) is 0 Å². The Labute approximate surface area is 86.3 Å². The molecule has 82 valence electrons. The Kier molecular flexibility index (Phi) is 4.07. The van der Waals surface area contributed by atoms with Gasteiger partial charge < -0.3 is 9.63 Å². The molecule has 1 N–H and O–H groups in total. The molecule has 0 bridgehead atoms. The van der Waals surface area contributed by atoms with Gasteiger partial charge in [-0.25, -0.2) is 0 Å². The molecule has 0 amide bonds. The van der Waals surface area contributed by atoms with Crippen molar-refractivity contribution in [2.24, 2.45) is 10.8 Å². The summed E-state index contributed by atoms with van der Waals surface area (Å²) in [4.78, 5) is 22.0. The molecule has 4 nitrogen and oxygen atoms in total. The minimum Gasteiger partial charge on any atom is -0.481 e. The standard InChI is InChI=1S/C9H17O4P/c1-8(2,5-6(10)13-14)9(3,4)7(11)12/h5,14H2,1-4H3,(H,11,12). The second-order valence-corrected chi connectivity index (χ2v) is 4.72. The molecule has 1 atom stereocenters. The van der Waals surface area contributed by atoms with Gasteiger partial charge in [0.25, 0.3) is 0 Å². The number of carboxylic acids is 1. The molecule has 5 heteroatoms. The molecule has 0 aliphatic rings. The van der Waals surface area contributed by atoms with Crippen LogP contribution >= 0.6 is 9.47 Å². The summed E-state index contributed by atoms with van der Waals surface area (Å²) in [5, 5.41) is 9.01. The van der Waals surface area contributed by atoms with Crippen molar-refractivity contribution in [2.75, 3.05) is 0 Å². The Morgan fingerprint density at radius 1 is 1.29 bits per heavy atom. The average molecular weight is 220 g/mol. The molecule has 0 rings (SSSR count). The number of rotatable bonds is 4. The van der Waals surface area contributed by atoms with Crippen LogP contribution in [0.2, 0.25) is 0 Å². The third-order valence-corrected chi connectivity index (χ3v) is 3.21. The first-order valence-electron chi connectivity index (χ1n) is 4.28. The van der Waals surface area contributed by atoms with Crippen LogP contribution in [0, 0.1) is 10.8 Å². The summed E-state index contributed by atoms with van der Waals surface area (Å²) in [7, 11) is 1.87. The molecule has 0 aromatic carbocycles. The van der Waals surface area contributed by atoms with Crippen LogP contribution in [-0.4, -0.2) is 17.0 Å². The molecule has 0 aliphatic heterocycles. The van der Waals surface area contributed by atoms with Crippen molar-refractivity contribution in [2.45, 2.75) is 34.1 Å². The van der Waals surface area contributed by atoms with E-state index in [0.29, 0.717) is 0 Å². The molecular weight excluding hydrogens is 203 g/mol. The van der Waals surface area contributed by atoms with Gasteiger partial charge >= 0.3 is 11.9 Å². The van der Waals surface area contributed by atoms with E-state index in [2.05, 4.69) is 4.52 Å². The minimum atomic E-state index is -0.966. The largest absolute Gasteiger partial charge is 0.481 e. The van der Waals surface area contributed by atoms with Gasteiger partial charge in [0.05, 0.1) is 21.3 Å². The molecule has 0 spiro atoms. The van der Waals surface area contributed by atoms with E-state index in [1.807, 2.05) is 9.47 Å². The molecule has 0 saturated heterocycles. The van der Waals surface area contributed by atoms with Gasteiger partial charge in [-0.15, -0.1) is 0 Å². The van der Waals surface area contributed by atoms with Crippen LogP contribution in [0.4, 0.5) is 0 Å². The van der Waals surface area contributed by atoms with Crippen LogP contribution < -0.4 is 0 Å². The smallest absolute Gasteiger partial charge is 0.309 e. The summed E-state index contributed by atoms with van der Waals surface area (Å²) in [6.07, 6.45) is 0.0792. The second-order valence-electron chi connectivity index (χ2n) is 4.48. The third kappa shape index (κ3) is 2.68. The van der Waals surface area contributed by atoms with Crippen molar-refractivity contribution >= 4 is 21.4 Å².